The maximum absolute atomic E-state index is 13.8. The third kappa shape index (κ3) is 4.44. The zero-order valence-electron chi connectivity index (χ0n) is 14.0. The number of aromatic nitrogens is 3. The van der Waals surface area contributed by atoms with Gasteiger partial charge in [-0.05, 0) is 59.3 Å². The molecule has 0 aliphatic carbocycles. The zero-order valence-corrected chi connectivity index (χ0v) is 15.6. The van der Waals surface area contributed by atoms with Crippen LogP contribution in [0.15, 0.2) is 22.9 Å². The Hall–Kier alpha value is -1.35. The van der Waals surface area contributed by atoms with Crippen molar-refractivity contribution in [2.75, 3.05) is 13.2 Å². The molecule has 3 rings (SSSR count). The molecule has 2 unspecified atom stereocenters. The first kappa shape index (κ1) is 18.4. The molecule has 0 bridgehead atoms. The van der Waals surface area contributed by atoms with Gasteiger partial charge in [-0.3, -0.25) is 0 Å². The molecule has 1 aliphatic heterocycles. The number of nitrogens with zero attached hydrogens (tertiary/aromatic N) is 3. The van der Waals surface area contributed by atoms with Gasteiger partial charge in [-0.2, -0.15) is 0 Å². The fourth-order valence-electron chi connectivity index (χ4n) is 2.86. The van der Waals surface area contributed by atoms with Gasteiger partial charge in [-0.25, -0.2) is 14.1 Å². The van der Waals surface area contributed by atoms with E-state index in [4.69, 9.17) is 9.47 Å². The van der Waals surface area contributed by atoms with Crippen molar-refractivity contribution in [3.8, 4) is 0 Å². The van der Waals surface area contributed by atoms with Crippen LogP contribution < -0.4 is 0 Å². The van der Waals surface area contributed by atoms with Crippen molar-refractivity contribution in [2.45, 2.75) is 45.1 Å². The molecule has 25 heavy (non-hydrogen) atoms. The minimum atomic E-state index is -1.07. The van der Waals surface area contributed by atoms with Gasteiger partial charge in [0.2, 0.25) is 4.73 Å². The summed E-state index contributed by atoms with van der Waals surface area (Å²) in [5.74, 6) is -0.0202. The summed E-state index contributed by atoms with van der Waals surface area (Å²) in [5, 5.41) is 14.9. The van der Waals surface area contributed by atoms with E-state index in [1.807, 2.05) is 0 Å². The molecule has 6 nitrogen and oxygen atoms in total. The van der Waals surface area contributed by atoms with Gasteiger partial charge >= 0.3 is 0 Å². The maximum Gasteiger partial charge on any atom is 0.217 e. The van der Waals surface area contributed by atoms with E-state index in [0.717, 1.165) is 25.9 Å². The first-order valence-corrected chi connectivity index (χ1v) is 9.12. The number of rotatable bonds is 6. The van der Waals surface area contributed by atoms with E-state index in [1.165, 1.54) is 6.07 Å². The van der Waals surface area contributed by atoms with Crippen LogP contribution >= 0.6 is 15.9 Å². The first-order chi connectivity index (χ1) is 12.1. The third-order valence-corrected chi connectivity index (χ3v) is 4.60. The van der Waals surface area contributed by atoms with E-state index < -0.39 is 6.10 Å². The number of halogens is 2. The van der Waals surface area contributed by atoms with Gasteiger partial charge in [0.15, 0.2) is 12.1 Å². The van der Waals surface area contributed by atoms with E-state index in [9.17, 15) is 9.50 Å². The molecule has 2 aromatic rings. The summed E-state index contributed by atoms with van der Waals surface area (Å²) < 4.78 is 26.9. The summed E-state index contributed by atoms with van der Waals surface area (Å²) in [6.07, 6.45) is 1.81. The Morgan fingerprint density at radius 2 is 2.32 bits per heavy atom. The molecular formula is C17H21BrFN3O3. The summed E-state index contributed by atoms with van der Waals surface area (Å²) in [5.41, 5.74) is 0.866. The minimum Gasteiger partial charge on any atom is -0.380 e. The van der Waals surface area contributed by atoms with Crippen LogP contribution in [-0.4, -0.2) is 39.4 Å². The van der Waals surface area contributed by atoms with E-state index >= 15 is 0 Å². The van der Waals surface area contributed by atoms with E-state index in [2.05, 4.69) is 26.0 Å². The summed E-state index contributed by atoms with van der Waals surface area (Å²) >= 11 is 3.23. The van der Waals surface area contributed by atoms with Gasteiger partial charge in [0, 0.05) is 6.61 Å². The van der Waals surface area contributed by atoms with Crippen LogP contribution in [0.5, 0.6) is 0 Å². The lowest BCUT2D eigenvalue weighted by molar-refractivity contribution is -0.164. The number of benzene rings is 1. The highest BCUT2D eigenvalue weighted by molar-refractivity contribution is 9.10. The highest BCUT2D eigenvalue weighted by Crippen LogP contribution is 2.26. The van der Waals surface area contributed by atoms with Crippen molar-refractivity contribution in [3.63, 3.8) is 0 Å². The highest BCUT2D eigenvalue weighted by atomic mass is 79.9. The van der Waals surface area contributed by atoms with Crippen LogP contribution in [-0.2, 0) is 16.0 Å². The Balaban J connectivity index is 1.70. The molecule has 8 heteroatoms. The first-order valence-electron chi connectivity index (χ1n) is 8.33. The molecule has 1 aliphatic rings. The predicted molar refractivity (Wildman–Crippen MR) is 92.5 cm³/mol. The summed E-state index contributed by atoms with van der Waals surface area (Å²) in [6, 6.07) is 4.62. The van der Waals surface area contributed by atoms with Crippen molar-refractivity contribution in [1.82, 2.24) is 14.8 Å². The second-order valence-electron chi connectivity index (χ2n) is 5.99. The van der Waals surface area contributed by atoms with Crippen LogP contribution in [0.25, 0.3) is 0 Å². The minimum absolute atomic E-state index is 0.181. The van der Waals surface area contributed by atoms with Crippen molar-refractivity contribution in [2.24, 2.45) is 0 Å². The molecule has 0 radical (unpaired) electrons. The van der Waals surface area contributed by atoms with Gasteiger partial charge in [0.1, 0.15) is 11.9 Å². The third-order valence-electron chi connectivity index (χ3n) is 4.27. The molecule has 1 aromatic heterocycles. The second kappa shape index (κ2) is 8.35. The van der Waals surface area contributed by atoms with Crippen molar-refractivity contribution < 1.29 is 19.0 Å². The lowest BCUT2D eigenvalue weighted by Gasteiger charge is -2.22. The number of aliphatic hydroxyl groups is 1. The van der Waals surface area contributed by atoms with Crippen LogP contribution in [0.1, 0.15) is 42.3 Å². The number of ether oxygens (including phenoxy) is 2. The summed E-state index contributed by atoms with van der Waals surface area (Å²) in [4.78, 5) is 4.23. The van der Waals surface area contributed by atoms with Gasteiger partial charge in [0.05, 0.1) is 13.2 Å². The second-order valence-corrected chi connectivity index (χ2v) is 6.69. The monoisotopic (exact) mass is 413 g/mol. The smallest absolute Gasteiger partial charge is 0.217 e. The molecule has 1 N–H and O–H groups in total. The van der Waals surface area contributed by atoms with Crippen molar-refractivity contribution in [3.05, 3.63) is 45.7 Å². The average Bonchev–Trinajstić information content (AvgIpc) is 2.98. The molecule has 2 atom stereocenters. The van der Waals surface area contributed by atoms with Gasteiger partial charge in [-0.15, -0.1) is 5.10 Å². The van der Waals surface area contributed by atoms with Gasteiger partial charge in [-0.1, -0.05) is 12.1 Å². The van der Waals surface area contributed by atoms with E-state index in [1.54, 1.807) is 23.7 Å². The fourth-order valence-corrected chi connectivity index (χ4v) is 3.24. The lowest BCUT2D eigenvalue weighted by atomic mass is 10.0. The fraction of sp³-hybridized carbons (Fsp3) is 0.529. The highest BCUT2D eigenvalue weighted by Gasteiger charge is 2.22. The SMILES string of the molecule is Cc1c(F)cccc1C(O)c1nc(Br)nn1CCOC1CCCCO1. The largest absolute Gasteiger partial charge is 0.380 e. The molecule has 1 fully saturated rings. The maximum atomic E-state index is 13.8. The molecule has 0 spiro atoms. The summed E-state index contributed by atoms with van der Waals surface area (Å²) in [7, 11) is 0. The van der Waals surface area contributed by atoms with E-state index in [0.29, 0.717) is 34.8 Å². The van der Waals surface area contributed by atoms with E-state index in [-0.39, 0.29) is 12.1 Å². The Kier molecular flexibility index (Phi) is 6.16. The molecule has 0 amide bonds. The molecular weight excluding hydrogens is 393 g/mol. The molecule has 136 valence electrons. The molecule has 0 saturated carbocycles. The van der Waals surface area contributed by atoms with Crippen LogP contribution in [0.2, 0.25) is 0 Å². The van der Waals surface area contributed by atoms with Gasteiger partial charge < -0.3 is 14.6 Å². The standard InChI is InChI=1S/C17H21BrFN3O3/c1-11-12(5-4-6-13(11)19)15(23)16-20-17(18)21-22(16)8-10-25-14-7-2-3-9-24-14/h4-6,14-15,23H,2-3,7-10H2,1H3. The molecule has 1 aromatic carbocycles. The number of hydrogen-bond acceptors (Lipinski definition) is 5. The lowest BCUT2D eigenvalue weighted by Crippen LogP contribution is -2.24. The predicted octanol–water partition coefficient (Wildman–Crippen LogP) is 3.11. The van der Waals surface area contributed by atoms with Crippen molar-refractivity contribution >= 4 is 15.9 Å². The van der Waals surface area contributed by atoms with Crippen LogP contribution in [0.3, 0.4) is 0 Å². The molecule has 2 heterocycles. The Bertz CT molecular complexity index is 719. The van der Waals surface area contributed by atoms with Gasteiger partial charge in [0.25, 0.3) is 0 Å². The Labute approximate surface area is 154 Å². The van der Waals surface area contributed by atoms with Crippen LogP contribution in [0, 0.1) is 12.7 Å². The van der Waals surface area contributed by atoms with Crippen molar-refractivity contribution in [1.29, 1.82) is 0 Å². The van der Waals surface area contributed by atoms with Crippen LogP contribution in [0.4, 0.5) is 4.39 Å². The normalized spacial score (nSPS) is 19.1. The average molecular weight is 414 g/mol. The Morgan fingerprint density at radius 1 is 1.48 bits per heavy atom. The zero-order chi connectivity index (χ0) is 17.8. The number of hydrogen-bond donors (Lipinski definition) is 1. The summed E-state index contributed by atoms with van der Waals surface area (Å²) in [6.45, 7) is 3.16. The number of aliphatic hydroxyl groups excluding tert-OH is 1. The Morgan fingerprint density at radius 3 is 3.08 bits per heavy atom. The topological polar surface area (TPSA) is 69.4 Å². The quantitative estimate of drug-likeness (QED) is 0.787. The molecule has 1 saturated heterocycles.